The molecule has 0 spiro atoms. The lowest BCUT2D eigenvalue weighted by Gasteiger charge is -2.25. The van der Waals surface area contributed by atoms with Gasteiger partial charge in [0.1, 0.15) is 11.6 Å². The first kappa shape index (κ1) is 21.0. The minimum absolute atomic E-state index is 0.00145. The highest BCUT2D eigenvalue weighted by atomic mass is 79.9. The number of aliphatic hydroxyl groups is 1. The van der Waals surface area contributed by atoms with Gasteiger partial charge in [0.25, 0.3) is 11.7 Å². The van der Waals surface area contributed by atoms with Crippen molar-refractivity contribution in [1.29, 1.82) is 0 Å². The summed E-state index contributed by atoms with van der Waals surface area (Å²) in [5.41, 5.74) is 0.982. The van der Waals surface area contributed by atoms with E-state index in [0.29, 0.717) is 30.6 Å². The lowest BCUT2D eigenvalue weighted by Crippen LogP contribution is -2.31. The predicted molar refractivity (Wildman–Crippen MR) is 116 cm³/mol. The maximum atomic E-state index is 13.5. The average molecular weight is 484 g/mol. The van der Waals surface area contributed by atoms with Crippen LogP contribution in [0.15, 0.2) is 77.3 Å². The van der Waals surface area contributed by atoms with Crippen LogP contribution in [0.3, 0.4) is 0 Å². The number of imidazole rings is 1. The Hall–Kier alpha value is -3.26. The maximum absolute atomic E-state index is 13.5. The van der Waals surface area contributed by atoms with Gasteiger partial charge in [0, 0.05) is 35.5 Å². The van der Waals surface area contributed by atoms with E-state index in [1.54, 1.807) is 36.8 Å². The fourth-order valence-corrected chi connectivity index (χ4v) is 3.97. The van der Waals surface area contributed by atoms with Gasteiger partial charge in [0.15, 0.2) is 0 Å². The molecule has 0 saturated carbocycles. The third-order valence-electron chi connectivity index (χ3n) is 5.22. The summed E-state index contributed by atoms with van der Waals surface area (Å²) in [5, 5.41) is 11.0. The van der Waals surface area contributed by atoms with Crippen molar-refractivity contribution >= 4 is 33.4 Å². The van der Waals surface area contributed by atoms with E-state index in [9.17, 15) is 19.1 Å². The molecule has 3 aromatic rings. The van der Waals surface area contributed by atoms with E-state index in [1.165, 1.54) is 29.2 Å². The van der Waals surface area contributed by atoms with Gasteiger partial charge in [-0.25, -0.2) is 9.37 Å². The first-order chi connectivity index (χ1) is 15.0. The molecule has 0 bridgehead atoms. The number of amides is 1. The number of halogens is 2. The number of hydrogen-bond donors (Lipinski definition) is 1. The summed E-state index contributed by atoms with van der Waals surface area (Å²) in [6.45, 7) is 0.910. The summed E-state index contributed by atoms with van der Waals surface area (Å²) in [7, 11) is 0. The van der Waals surface area contributed by atoms with E-state index in [2.05, 4.69) is 20.9 Å². The highest BCUT2D eigenvalue weighted by molar-refractivity contribution is 9.10. The first-order valence-electron chi connectivity index (χ1n) is 9.71. The molecule has 158 valence electrons. The van der Waals surface area contributed by atoms with E-state index in [-0.39, 0.29) is 11.3 Å². The minimum atomic E-state index is -0.799. The van der Waals surface area contributed by atoms with Crippen molar-refractivity contribution < 1.29 is 19.1 Å². The van der Waals surface area contributed by atoms with Crippen LogP contribution in [0.1, 0.15) is 23.6 Å². The summed E-state index contributed by atoms with van der Waals surface area (Å²) < 4.78 is 16.2. The van der Waals surface area contributed by atoms with Crippen LogP contribution in [0.25, 0.3) is 5.76 Å². The van der Waals surface area contributed by atoms with Gasteiger partial charge in [0.2, 0.25) is 0 Å². The molecule has 1 N–H and O–H groups in total. The number of ketones is 1. The predicted octanol–water partition coefficient (Wildman–Crippen LogP) is 4.30. The Labute approximate surface area is 186 Å². The minimum Gasteiger partial charge on any atom is -0.507 e. The van der Waals surface area contributed by atoms with E-state index in [4.69, 9.17) is 0 Å². The number of likely N-dealkylation sites (tertiary alicyclic amines) is 1. The van der Waals surface area contributed by atoms with E-state index < -0.39 is 23.5 Å². The maximum Gasteiger partial charge on any atom is 0.295 e. The Morgan fingerprint density at radius 2 is 1.77 bits per heavy atom. The van der Waals surface area contributed by atoms with E-state index in [0.717, 1.165) is 4.47 Å². The molecule has 1 saturated heterocycles. The van der Waals surface area contributed by atoms with Crippen molar-refractivity contribution in [2.24, 2.45) is 0 Å². The Kier molecular flexibility index (Phi) is 5.99. The fourth-order valence-electron chi connectivity index (χ4n) is 3.71. The summed E-state index contributed by atoms with van der Waals surface area (Å²) in [4.78, 5) is 31.2. The highest BCUT2D eigenvalue weighted by Crippen LogP contribution is 2.39. The number of carbonyl (C=O) groups excluding carboxylic acids is 2. The number of aryl methyl sites for hydroxylation is 1. The molecule has 1 aliphatic rings. The number of nitrogens with zero attached hydrogens (tertiary/aromatic N) is 3. The van der Waals surface area contributed by atoms with Crippen LogP contribution in [-0.2, 0) is 16.1 Å². The second-order valence-corrected chi connectivity index (χ2v) is 8.12. The zero-order valence-electron chi connectivity index (χ0n) is 16.4. The van der Waals surface area contributed by atoms with Crippen LogP contribution >= 0.6 is 15.9 Å². The number of rotatable bonds is 6. The molecule has 4 rings (SSSR count). The van der Waals surface area contributed by atoms with Gasteiger partial charge in [-0.3, -0.25) is 9.59 Å². The third-order valence-corrected chi connectivity index (χ3v) is 5.75. The van der Waals surface area contributed by atoms with Gasteiger partial charge < -0.3 is 14.6 Å². The normalized spacial score (nSPS) is 18.0. The Morgan fingerprint density at radius 3 is 2.42 bits per heavy atom. The van der Waals surface area contributed by atoms with Crippen LogP contribution in [0.2, 0.25) is 0 Å². The van der Waals surface area contributed by atoms with Gasteiger partial charge in [-0.2, -0.15) is 0 Å². The number of carbonyl (C=O) groups is 2. The van der Waals surface area contributed by atoms with Crippen LogP contribution < -0.4 is 0 Å². The molecule has 1 unspecified atom stereocenters. The molecule has 1 aliphatic heterocycles. The van der Waals surface area contributed by atoms with Crippen LogP contribution in [-0.4, -0.2) is 37.8 Å². The summed E-state index contributed by atoms with van der Waals surface area (Å²) >= 11 is 3.34. The quantitative estimate of drug-likeness (QED) is 0.322. The second kappa shape index (κ2) is 8.85. The Balaban J connectivity index is 1.72. The standard InChI is InChI=1S/C23H19BrFN3O3/c24-17-6-2-16(3-7-17)21(29)19-20(15-4-8-18(25)9-5-15)28(23(31)22(19)30)12-1-11-27-13-10-26-14-27/h2-10,13-14,20,29H,1,11-12H2. The number of benzene rings is 2. The van der Waals surface area contributed by atoms with E-state index >= 15 is 0 Å². The zero-order valence-corrected chi connectivity index (χ0v) is 18.0. The van der Waals surface area contributed by atoms with Gasteiger partial charge in [-0.05, 0) is 36.2 Å². The second-order valence-electron chi connectivity index (χ2n) is 7.20. The third kappa shape index (κ3) is 4.29. The van der Waals surface area contributed by atoms with Crippen LogP contribution in [0, 0.1) is 5.82 Å². The van der Waals surface area contributed by atoms with Crippen LogP contribution in [0.5, 0.6) is 0 Å². The molecule has 1 fully saturated rings. The smallest absolute Gasteiger partial charge is 0.295 e. The number of aliphatic hydroxyl groups excluding tert-OH is 1. The topological polar surface area (TPSA) is 75.4 Å². The van der Waals surface area contributed by atoms with Crippen molar-refractivity contribution in [3.63, 3.8) is 0 Å². The van der Waals surface area contributed by atoms with Gasteiger partial charge in [-0.1, -0.05) is 40.2 Å². The van der Waals surface area contributed by atoms with Crippen molar-refractivity contribution in [3.05, 3.63) is 94.2 Å². The first-order valence-corrected chi connectivity index (χ1v) is 10.5. The fraction of sp³-hybridized carbons (Fsp3) is 0.174. The lowest BCUT2D eigenvalue weighted by molar-refractivity contribution is -0.139. The Bertz CT molecular complexity index is 1130. The summed E-state index contributed by atoms with van der Waals surface area (Å²) in [6, 6.07) is 11.6. The lowest BCUT2D eigenvalue weighted by atomic mass is 9.95. The molecule has 1 atom stereocenters. The van der Waals surface area contributed by atoms with Gasteiger partial charge in [0.05, 0.1) is 17.9 Å². The number of aromatic nitrogens is 2. The van der Waals surface area contributed by atoms with Crippen molar-refractivity contribution in [2.45, 2.75) is 19.0 Å². The highest BCUT2D eigenvalue weighted by Gasteiger charge is 2.45. The van der Waals surface area contributed by atoms with Crippen molar-refractivity contribution in [3.8, 4) is 0 Å². The molecular weight excluding hydrogens is 465 g/mol. The molecule has 1 aromatic heterocycles. The molecule has 2 heterocycles. The van der Waals surface area contributed by atoms with Gasteiger partial charge >= 0.3 is 0 Å². The van der Waals surface area contributed by atoms with Crippen molar-refractivity contribution in [2.75, 3.05) is 6.54 Å². The largest absolute Gasteiger partial charge is 0.507 e. The average Bonchev–Trinajstić information content (AvgIpc) is 3.37. The molecule has 8 heteroatoms. The summed E-state index contributed by atoms with van der Waals surface area (Å²) in [6.07, 6.45) is 5.75. The molecular formula is C23H19BrFN3O3. The summed E-state index contributed by atoms with van der Waals surface area (Å²) in [5.74, 6) is -2.11. The number of Topliss-reactive ketones (excluding diaryl/α,β-unsaturated/α-hetero) is 1. The molecule has 2 aromatic carbocycles. The molecule has 0 aliphatic carbocycles. The zero-order chi connectivity index (χ0) is 22.0. The monoisotopic (exact) mass is 483 g/mol. The van der Waals surface area contributed by atoms with Crippen molar-refractivity contribution in [1.82, 2.24) is 14.5 Å². The molecule has 1 amide bonds. The van der Waals surface area contributed by atoms with Crippen LogP contribution in [0.4, 0.5) is 4.39 Å². The molecule has 0 radical (unpaired) electrons. The Morgan fingerprint density at radius 1 is 1.06 bits per heavy atom. The molecule has 31 heavy (non-hydrogen) atoms. The SMILES string of the molecule is O=C1C(=O)N(CCCn2ccnc2)C(c2ccc(F)cc2)C1=C(O)c1ccc(Br)cc1. The number of hydrogen-bond acceptors (Lipinski definition) is 4. The van der Waals surface area contributed by atoms with Gasteiger partial charge in [-0.15, -0.1) is 0 Å². The van der Waals surface area contributed by atoms with E-state index in [1.807, 2.05) is 10.8 Å². The molecule has 6 nitrogen and oxygen atoms in total.